The van der Waals surface area contributed by atoms with Crippen LogP contribution in [0.25, 0.3) is 0 Å². The fraction of sp³-hybridized carbons (Fsp3) is 0.467. The molecule has 0 bridgehead atoms. The van der Waals surface area contributed by atoms with Gasteiger partial charge in [0.2, 0.25) is 0 Å². The highest BCUT2D eigenvalue weighted by atomic mass is 35.5. The van der Waals surface area contributed by atoms with E-state index in [0.29, 0.717) is 5.02 Å². The van der Waals surface area contributed by atoms with E-state index in [1.165, 1.54) is 4.90 Å². The fourth-order valence-electron chi connectivity index (χ4n) is 2.19. The third-order valence-corrected chi connectivity index (χ3v) is 4.14. The zero-order valence-corrected chi connectivity index (χ0v) is 12.8. The molecule has 2 N–H and O–H groups in total. The van der Waals surface area contributed by atoms with Crippen LogP contribution in [-0.2, 0) is 4.79 Å². The van der Waals surface area contributed by atoms with Gasteiger partial charge in [0.15, 0.2) is 0 Å². The first kappa shape index (κ1) is 15.6. The second kappa shape index (κ2) is 6.35. The lowest BCUT2D eigenvalue weighted by Gasteiger charge is -2.27. The van der Waals surface area contributed by atoms with Crippen molar-refractivity contribution >= 4 is 23.6 Å². The van der Waals surface area contributed by atoms with Crippen LogP contribution < -0.4 is 5.32 Å². The Morgan fingerprint density at radius 3 is 2.38 bits per heavy atom. The fourth-order valence-corrected chi connectivity index (χ4v) is 2.31. The number of halogens is 1. The Labute approximate surface area is 128 Å². The van der Waals surface area contributed by atoms with Crippen molar-refractivity contribution in [3.05, 3.63) is 34.9 Å². The molecule has 6 heteroatoms. The summed E-state index contributed by atoms with van der Waals surface area (Å²) in [6.45, 7) is 1.88. The van der Waals surface area contributed by atoms with Gasteiger partial charge in [0.05, 0.1) is 6.04 Å². The molecular weight excluding hydrogens is 292 g/mol. The summed E-state index contributed by atoms with van der Waals surface area (Å²) >= 11 is 5.85. The van der Waals surface area contributed by atoms with Crippen molar-refractivity contribution in [1.82, 2.24) is 10.2 Å². The molecule has 0 radical (unpaired) electrons. The van der Waals surface area contributed by atoms with Gasteiger partial charge >= 0.3 is 12.0 Å². The van der Waals surface area contributed by atoms with Crippen LogP contribution in [0, 0.1) is 5.92 Å². The van der Waals surface area contributed by atoms with Gasteiger partial charge in [-0.1, -0.05) is 23.7 Å². The Balaban J connectivity index is 2.00. The third kappa shape index (κ3) is 3.88. The number of carboxylic acid groups (broad SMARTS) is 1. The Kier molecular flexibility index (Phi) is 4.73. The summed E-state index contributed by atoms with van der Waals surface area (Å²) < 4.78 is 0. The van der Waals surface area contributed by atoms with Crippen LogP contribution in [-0.4, -0.2) is 35.1 Å². The molecular formula is C15H19ClN2O3. The predicted octanol–water partition coefficient (Wildman–Crippen LogP) is 2.91. The second-order valence-electron chi connectivity index (χ2n) is 5.44. The van der Waals surface area contributed by atoms with E-state index in [4.69, 9.17) is 16.7 Å². The normalized spacial score (nSPS) is 16.9. The number of urea groups is 1. The maximum atomic E-state index is 12.2. The van der Waals surface area contributed by atoms with Crippen LogP contribution in [0.1, 0.15) is 31.4 Å². The van der Waals surface area contributed by atoms with Gasteiger partial charge in [0, 0.05) is 12.1 Å². The first-order valence-corrected chi connectivity index (χ1v) is 7.29. The quantitative estimate of drug-likeness (QED) is 0.878. The molecule has 5 nitrogen and oxygen atoms in total. The zero-order chi connectivity index (χ0) is 15.6. The first-order valence-electron chi connectivity index (χ1n) is 6.91. The van der Waals surface area contributed by atoms with Gasteiger partial charge in [-0.2, -0.15) is 0 Å². The summed E-state index contributed by atoms with van der Waals surface area (Å²) in [6, 6.07) is 5.90. The average molecular weight is 311 g/mol. The van der Waals surface area contributed by atoms with Gasteiger partial charge in [-0.3, -0.25) is 0 Å². The van der Waals surface area contributed by atoms with Crippen molar-refractivity contribution < 1.29 is 14.7 Å². The van der Waals surface area contributed by atoms with Gasteiger partial charge in [-0.05, 0) is 43.4 Å². The smallest absolute Gasteiger partial charge is 0.326 e. The number of nitrogens with one attached hydrogen (secondary N) is 1. The molecule has 2 unspecified atom stereocenters. The van der Waals surface area contributed by atoms with E-state index in [1.807, 2.05) is 19.1 Å². The Hall–Kier alpha value is -1.75. The highest BCUT2D eigenvalue weighted by Gasteiger charge is 2.38. The largest absolute Gasteiger partial charge is 0.480 e. The number of carbonyl (C=O) groups is 2. The van der Waals surface area contributed by atoms with Crippen molar-refractivity contribution in [3.8, 4) is 0 Å². The SMILES string of the molecule is CC(c1ccc(Cl)cc1)N(C)C(=O)NC(C(=O)O)C1CC1. The Morgan fingerprint density at radius 2 is 1.90 bits per heavy atom. The Bertz CT molecular complexity index is 528. The molecule has 0 heterocycles. The number of carbonyl (C=O) groups excluding carboxylic acids is 1. The number of nitrogens with zero attached hydrogens (tertiary/aromatic N) is 1. The van der Waals surface area contributed by atoms with Crippen LogP contribution in [0.5, 0.6) is 0 Å². The van der Waals surface area contributed by atoms with Gasteiger partial charge in [0.1, 0.15) is 6.04 Å². The summed E-state index contributed by atoms with van der Waals surface area (Å²) in [6.07, 6.45) is 1.71. The minimum absolute atomic E-state index is 0.0608. The minimum Gasteiger partial charge on any atom is -0.480 e. The maximum absolute atomic E-state index is 12.2. The van der Waals surface area contributed by atoms with E-state index in [0.717, 1.165) is 18.4 Å². The van der Waals surface area contributed by atoms with Crippen molar-refractivity contribution in [1.29, 1.82) is 0 Å². The van der Waals surface area contributed by atoms with E-state index in [2.05, 4.69) is 5.32 Å². The molecule has 2 amide bonds. The summed E-state index contributed by atoms with van der Waals surface area (Å²) in [5, 5.41) is 12.4. The first-order chi connectivity index (χ1) is 9.90. The summed E-state index contributed by atoms with van der Waals surface area (Å²) in [4.78, 5) is 24.9. The molecule has 1 aromatic rings. The van der Waals surface area contributed by atoms with E-state index in [-0.39, 0.29) is 18.0 Å². The monoisotopic (exact) mass is 310 g/mol. The number of amides is 2. The molecule has 1 aliphatic rings. The molecule has 1 fully saturated rings. The van der Waals surface area contributed by atoms with Crippen LogP contribution in [0.15, 0.2) is 24.3 Å². The molecule has 114 valence electrons. The van der Waals surface area contributed by atoms with Crippen molar-refractivity contribution in [2.45, 2.75) is 31.8 Å². The summed E-state index contributed by atoms with van der Waals surface area (Å²) in [7, 11) is 1.65. The van der Waals surface area contributed by atoms with Gasteiger partial charge in [-0.15, -0.1) is 0 Å². The van der Waals surface area contributed by atoms with Gasteiger partial charge in [0.25, 0.3) is 0 Å². The lowest BCUT2D eigenvalue weighted by Crippen LogP contribution is -2.48. The van der Waals surface area contributed by atoms with Crippen molar-refractivity contribution in [2.24, 2.45) is 5.92 Å². The van der Waals surface area contributed by atoms with Crippen LogP contribution >= 0.6 is 11.6 Å². The average Bonchev–Trinajstić information content (AvgIpc) is 3.27. The highest BCUT2D eigenvalue weighted by Crippen LogP contribution is 2.33. The minimum atomic E-state index is -0.974. The standard InChI is InChI=1S/C15H19ClN2O3/c1-9(10-5-7-12(16)8-6-10)18(2)15(21)17-13(14(19)20)11-3-4-11/h5-9,11,13H,3-4H2,1-2H3,(H,17,21)(H,19,20). The molecule has 2 rings (SSSR count). The molecule has 1 aliphatic carbocycles. The van der Waals surface area contributed by atoms with Crippen LogP contribution in [0.2, 0.25) is 5.02 Å². The molecule has 2 atom stereocenters. The number of aliphatic carboxylic acids is 1. The lowest BCUT2D eigenvalue weighted by molar-refractivity contribution is -0.139. The number of carboxylic acids is 1. The molecule has 0 saturated heterocycles. The summed E-state index contributed by atoms with van der Waals surface area (Å²) in [5.41, 5.74) is 0.940. The van der Waals surface area contributed by atoms with Crippen molar-refractivity contribution in [2.75, 3.05) is 7.05 Å². The number of rotatable bonds is 5. The van der Waals surface area contributed by atoms with Crippen LogP contribution in [0.3, 0.4) is 0 Å². The van der Waals surface area contributed by atoms with Gasteiger partial charge in [-0.25, -0.2) is 9.59 Å². The number of hydrogen-bond donors (Lipinski definition) is 2. The molecule has 0 spiro atoms. The molecule has 21 heavy (non-hydrogen) atoms. The maximum Gasteiger partial charge on any atom is 0.326 e. The van der Waals surface area contributed by atoms with E-state index < -0.39 is 12.0 Å². The number of benzene rings is 1. The summed E-state index contributed by atoms with van der Waals surface area (Å²) in [5.74, 6) is -0.913. The van der Waals surface area contributed by atoms with E-state index in [1.54, 1.807) is 19.2 Å². The predicted molar refractivity (Wildman–Crippen MR) is 80.3 cm³/mol. The molecule has 1 aromatic carbocycles. The topological polar surface area (TPSA) is 69.6 Å². The van der Waals surface area contributed by atoms with E-state index >= 15 is 0 Å². The molecule has 0 aromatic heterocycles. The molecule has 0 aliphatic heterocycles. The highest BCUT2D eigenvalue weighted by molar-refractivity contribution is 6.30. The number of hydrogen-bond acceptors (Lipinski definition) is 2. The second-order valence-corrected chi connectivity index (χ2v) is 5.88. The zero-order valence-electron chi connectivity index (χ0n) is 12.0. The van der Waals surface area contributed by atoms with Crippen LogP contribution in [0.4, 0.5) is 4.79 Å². The molecule has 1 saturated carbocycles. The Morgan fingerprint density at radius 1 is 1.33 bits per heavy atom. The van der Waals surface area contributed by atoms with Gasteiger partial charge < -0.3 is 15.3 Å². The lowest BCUT2D eigenvalue weighted by atomic mass is 10.1. The van der Waals surface area contributed by atoms with Crippen molar-refractivity contribution in [3.63, 3.8) is 0 Å². The third-order valence-electron chi connectivity index (χ3n) is 3.89. The van der Waals surface area contributed by atoms with E-state index in [9.17, 15) is 9.59 Å².